The third-order valence-corrected chi connectivity index (χ3v) is 4.21. The summed E-state index contributed by atoms with van der Waals surface area (Å²) in [6.07, 6.45) is 6.39. The zero-order valence-corrected chi connectivity index (χ0v) is 12.2. The van der Waals surface area contributed by atoms with Crippen LogP contribution < -0.4 is 11.1 Å². The maximum absolute atomic E-state index is 12.1. The molecule has 6 heteroatoms. The van der Waals surface area contributed by atoms with Crippen LogP contribution in [0.1, 0.15) is 48.7 Å². The number of rotatable bonds is 4. The van der Waals surface area contributed by atoms with Crippen LogP contribution in [0.4, 0.5) is 0 Å². The fourth-order valence-corrected chi connectivity index (χ4v) is 2.75. The SMILES string of the molecule is CC1CCCCC1CNC(=O)c1ccc(C(N)=NO)cn1. The molecule has 6 nitrogen and oxygen atoms in total. The molecule has 0 aromatic carbocycles. The van der Waals surface area contributed by atoms with Gasteiger partial charge in [-0.05, 0) is 30.4 Å². The number of carbonyl (C=O) groups excluding carboxylic acids is 1. The van der Waals surface area contributed by atoms with Crippen molar-refractivity contribution in [3.63, 3.8) is 0 Å². The summed E-state index contributed by atoms with van der Waals surface area (Å²) in [5.41, 5.74) is 6.27. The lowest BCUT2D eigenvalue weighted by Gasteiger charge is -2.28. The van der Waals surface area contributed by atoms with Crippen molar-refractivity contribution in [1.82, 2.24) is 10.3 Å². The Bertz CT molecular complexity index is 513. The Morgan fingerprint density at radius 3 is 2.86 bits per heavy atom. The van der Waals surface area contributed by atoms with Crippen molar-refractivity contribution in [3.8, 4) is 0 Å². The Kier molecular flexibility index (Phi) is 5.14. The first-order chi connectivity index (χ1) is 10.1. The van der Waals surface area contributed by atoms with E-state index in [2.05, 4.69) is 22.4 Å². The topological polar surface area (TPSA) is 101 Å². The van der Waals surface area contributed by atoms with Crippen LogP contribution in [0, 0.1) is 11.8 Å². The molecule has 2 atom stereocenters. The summed E-state index contributed by atoms with van der Waals surface area (Å²) < 4.78 is 0. The van der Waals surface area contributed by atoms with Gasteiger partial charge in [0.05, 0.1) is 0 Å². The number of aromatic nitrogens is 1. The second-order valence-electron chi connectivity index (χ2n) is 5.65. The number of nitrogens with one attached hydrogen (secondary N) is 1. The van der Waals surface area contributed by atoms with Gasteiger partial charge in [-0.3, -0.25) is 9.78 Å². The molecule has 4 N–H and O–H groups in total. The van der Waals surface area contributed by atoms with Crippen LogP contribution in [0.2, 0.25) is 0 Å². The highest BCUT2D eigenvalue weighted by Gasteiger charge is 2.21. The Morgan fingerprint density at radius 2 is 2.24 bits per heavy atom. The lowest BCUT2D eigenvalue weighted by molar-refractivity contribution is 0.0931. The highest BCUT2D eigenvalue weighted by molar-refractivity contribution is 5.98. The normalized spacial score (nSPS) is 22.8. The summed E-state index contributed by atoms with van der Waals surface area (Å²) in [5, 5.41) is 14.4. The van der Waals surface area contributed by atoms with Gasteiger partial charge >= 0.3 is 0 Å². The fraction of sp³-hybridized carbons (Fsp3) is 0.533. The van der Waals surface area contributed by atoms with E-state index in [1.54, 1.807) is 12.1 Å². The summed E-state index contributed by atoms with van der Waals surface area (Å²) in [5.74, 6) is 1.01. The predicted octanol–water partition coefficient (Wildman–Crippen LogP) is 1.73. The van der Waals surface area contributed by atoms with E-state index in [1.165, 1.54) is 31.9 Å². The monoisotopic (exact) mass is 290 g/mol. The van der Waals surface area contributed by atoms with E-state index < -0.39 is 0 Å². The lowest BCUT2D eigenvalue weighted by Crippen LogP contribution is -2.33. The number of carbonyl (C=O) groups is 1. The minimum atomic E-state index is -0.182. The fourth-order valence-electron chi connectivity index (χ4n) is 2.75. The van der Waals surface area contributed by atoms with Crippen LogP contribution in [-0.2, 0) is 0 Å². The molecule has 2 unspecified atom stereocenters. The van der Waals surface area contributed by atoms with Crippen molar-refractivity contribution in [3.05, 3.63) is 29.6 Å². The summed E-state index contributed by atoms with van der Waals surface area (Å²) in [6.45, 7) is 2.95. The second-order valence-corrected chi connectivity index (χ2v) is 5.65. The summed E-state index contributed by atoms with van der Waals surface area (Å²) in [7, 11) is 0. The standard InChI is InChI=1S/C15H22N4O2/c1-10-4-2-3-5-11(10)8-18-15(20)13-7-6-12(9-17-13)14(16)19-21/h6-7,9-11,21H,2-5,8H2,1H3,(H2,16,19)(H,18,20). The van der Waals surface area contributed by atoms with E-state index >= 15 is 0 Å². The van der Waals surface area contributed by atoms with Crippen molar-refractivity contribution in [1.29, 1.82) is 0 Å². The van der Waals surface area contributed by atoms with Gasteiger partial charge in [0.1, 0.15) is 5.69 Å². The number of amides is 1. The van der Waals surface area contributed by atoms with Gasteiger partial charge in [0, 0.05) is 18.3 Å². The molecule has 0 saturated heterocycles. The van der Waals surface area contributed by atoms with E-state index in [1.807, 2.05) is 0 Å². The van der Waals surface area contributed by atoms with Gasteiger partial charge in [-0.15, -0.1) is 0 Å². The molecule has 1 amide bonds. The molecular weight excluding hydrogens is 268 g/mol. The van der Waals surface area contributed by atoms with E-state index in [4.69, 9.17) is 10.9 Å². The van der Waals surface area contributed by atoms with Crippen LogP contribution in [0.15, 0.2) is 23.5 Å². The summed E-state index contributed by atoms with van der Waals surface area (Å²) in [4.78, 5) is 16.1. The molecule has 0 aliphatic heterocycles. The second kappa shape index (κ2) is 7.06. The first-order valence-electron chi connectivity index (χ1n) is 7.34. The Balaban J connectivity index is 1.91. The number of oxime groups is 1. The molecule has 1 aliphatic carbocycles. The average Bonchev–Trinajstić information content (AvgIpc) is 2.53. The average molecular weight is 290 g/mol. The Labute approximate surface area is 124 Å². The maximum atomic E-state index is 12.1. The van der Waals surface area contributed by atoms with Gasteiger partial charge in [0.2, 0.25) is 0 Å². The van der Waals surface area contributed by atoms with Gasteiger partial charge in [0.25, 0.3) is 5.91 Å². The van der Waals surface area contributed by atoms with Crippen LogP contribution in [0.5, 0.6) is 0 Å². The number of amidine groups is 1. The van der Waals surface area contributed by atoms with Crippen molar-refractivity contribution in [2.24, 2.45) is 22.7 Å². The molecule has 0 radical (unpaired) electrons. The molecule has 1 aromatic rings. The molecule has 1 saturated carbocycles. The van der Waals surface area contributed by atoms with E-state index in [-0.39, 0.29) is 11.7 Å². The van der Waals surface area contributed by atoms with E-state index in [9.17, 15) is 4.79 Å². The summed E-state index contributed by atoms with van der Waals surface area (Å²) in [6, 6.07) is 3.19. The van der Waals surface area contributed by atoms with Crippen LogP contribution in [0.25, 0.3) is 0 Å². The molecule has 1 heterocycles. The van der Waals surface area contributed by atoms with Crippen molar-refractivity contribution in [2.45, 2.75) is 32.6 Å². The number of nitrogens with two attached hydrogens (primary N) is 1. The number of pyridine rings is 1. The zero-order valence-electron chi connectivity index (χ0n) is 12.2. The minimum Gasteiger partial charge on any atom is -0.409 e. The Hall–Kier alpha value is -2.11. The van der Waals surface area contributed by atoms with Crippen LogP contribution >= 0.6 is 0 Å². The smallest absolute Gasteiger partial charge is 0.269 e. The van der Waals surface area contributed by atoms with E-state index in [0.717, 1.165) is 0 Å². The zero-order chi connectivity index (χ0) is 15.2. The molecular formula is C15H22N4O2. The third-order valence-electron chi connectivity index (χ3n) is 4.21. The molecule has 21 heavy (non-hydrogen) atoms. The third kappa shape index (κ3) is 3.93. The van der Waals surface area contributed by atoms with Gasteiger partial charge < -0.3 is 16.3 Å². The lowest BCUT2D eigenvalue weighted by atomic mass is 9.80. The quantitative estimate of drug-likeness (QED) is 0.340. The van der Waals surface area contributed by atoms with Crippen LogP contribution in [0.3, 0.4) is 0 Å². The van der Waals surface area contributed by atoms with Gasteiger partial charge in [-0.1, -0.05) is 31.3 Å². The van der Waals surface area contributed by atoms with Crippen molar-refractivity contribution < 1.29 is 10.0 Å². The molecule has 1 fully saturated rings. The molecule has 114 valence electrons. The van der Waals surface area contributed by atoms with Crippen LogP contribution in [-0.4, -0.2) is 28.5 Å². The number of nitrogens with zero attached hydrogens (tertiary/aromatic N) is 2. The predicted molar refractivity (Wildman–Crippen MR) is 80.2 cm³/mol. The number of hydrogen-bond donors (Lipinski definition) is 3. The first-order valence-corrected chi connectivity index (χ1v) is 7.34. The van der Waals surface area contributed by atoms with Gasteiger partial charge in [0.15, 0.2) is 5.84 Å². The largest absolute Gasteiger partial charge is 0.409 e. The summed E-state index contributed by atoms with van der Waals surface area (Å²) >= 11 is 0. The highest BCUT2D eigenvalue weighted by atomic mass is 16.4. The molecule has 0 bridgehead atoms. The van der Waals surface area contributed by atoms with Crippen molar-refractivity contribution in [2.75, 3.05) is 6.54 Å². The first kappa shape index (κ1) is 15.3. The van der Waals surface area contributed by atoms with E-state index in [0.29, 0.717) is 29.6 Å². The van der Waals surface area contributed by atoms with Gasteiger partial charge in [-0.2, -0.15) is 0 Å². The Morgan fingerprint density at radius 1 is 1.48 bits per heavy atom. The molecule has 1 aromatic heterocycles. The van der Waals surface area contributed by atoms with Gasteiger partial charge in [-0.25, -0.2) is 0 Å². The molecule has 2 rings (SSSR count). The molecule has 1 aliphatic rings. The maximum Gasteiger partial charge on any atom is 0.269 e. The minimum absolute atomic E-state index is 0.0227. The highest BCUT2D eigenvalue weighted by Crippen LogP contribution is 2.28. The van der Waals surface area contributed by atoms with Crippen molar-refractivity contribution >= 4 is 11.7 Å². The molecule has 0 spiro atoms. The number of hydrogen-bond acceptors (Lipinski definition) is 4.